The molecule has 0 saturated carbocycles. The predicted octanol–water partition coefficient (Wildman–Crippen LogP) is 0.637. The number of rotatable bonds is 1. The Hall–Kier alpha value is -2.50. The molecule has 1 aromatic heterocycles. The molecule has 0 unspecified atom stereocenters. The summed E-state index contributed by atoms with van der Waals surface area (Å²) in [5, 5.41) is 27.7. The Bertz CT molecular complexity index is 643. The summed E-state index contributed by atoms with van der Waals surface area (Å²) in [7, 11) is 0. The number of aromatic hydroxyl groups is 2. The van der Waals surface area contributed by atoms with Crippen LogP contribution in [0.5, 0.6) is 11.5 Å². The van der Waals surface area contributed by atoms with Crippen LogP contribution in [-0.4, -0.2) is 26.3 Å². The first-order chi connectivity index (χ1) is 7.50. The molecule has 0 atom stereocenters. The number of aromatic nitrogens is 1. The van der Waals surface area contributed by atoms with E-state index in [1.54, 1.807) is 0 Å². The number of pyridine rings is 1. The van der Waals surface area contributed by atoms with Gasteiger partial charge in [0, 0.05) is 5.39 Å². The molecule has 6 nitrogen and oxygen atoms in total. The fraction of sp³-hybridized carbons (Fsp3) is 0. The van der Waals surface area contributed by atoms with E-state index in [2.05, 4.69) is 4.98 Å². The minimum atomic E-state index is -1.35. The highest BCUT2D eigenvalue weighted by Gasteiger charge is 2.13. The molecular weight excluding hydrogens is 214 g/mol. The van der Waals surface area contributed by atoms with Crippen molar-refractivity contribution in [1.82, 2.24) is 4.98 Å². The number of phenolic OH excluding ortho intramolecular Hbond substituents is 2. The van der Waals surface area contributed by atoms with Crippen molar-refractivity contribution in [2.24, 2.45) is 0 Å². The van der Waals surface area contributed by atoms with Crippen molar-refractivity contribution in [2.75, 3.05) is 0 Å². The fourth-order valence-electron chi connectivity index (χ4n) is 1.41. The van der Waals surface area contributed by atoms with Crippen LogP contribution in [0.4, 0.5) is 0 Å². The first-order valence-electron chi connectivity index (χ1n) is 4.32. The number of carbonyl (C=O) groups is 1. The van der Waals surface area contributed by atoms with Crippen LogP contribution < -0.4 is 5.56 Å². The van der Waals surface area contributed by atoms with Gasteiger partial charge in [0.1, 0.15) is 5.56 Å². The van der Waals surface area contributed by atoms with Crippen LogP contribution in [0.3, 0.4) is 0 Å². The number of hydrogen-bond acceptors (Lipinski definition) is 4. The Morgan fingerprint density at radius 3 is 2.56 bits per heavy atom. The number of aromatic amines is 1. The largest absolute Gasteiger partial charge is 0.504 e. The van der Waals surface area contributed by atoms with Crippen molar-refractivity contribution in [1.29, 1.82) is 0 Å². The summed E-state index contributed by atoms with van der Waals surface area (Å²) in [6.07, 6.45) is 0. The van der Waals surface area contributed by atoms with E-state index in [1.807, 2.05) is 0 Å². The lowest BCUT2D eigenvalue weighted by molar-refractivity contribution is 0.0695. The number of carboxylic acids is 1. The average molecular weight is 221 g/mol. The number of nitrogens with one attached hydrogen (secondary N) is 1. The van der Waals surface area contributed by atoms with Crippen LogP contribution in [0.2, 0.25) is 0 Å². The highest BCUT2D eigenvalue weighted by molar-refractivity contribution is 5.94. The minimum absolute atomic E-state index is 0.00926. The van der Waals surface area contributed by atoms with Crippen molar-refractivity contribution in [2.45, 2.75) is 0 Å². The lowest BCUT2D eigenvalue weighted by atomic mass is 10.1. The van der Waals surface area contributed by atoms with E-state index >= 15 is 0 Å². The molecule has 0 bridgehead atoms. The predicted molar refractivity (Wildman–Crippen MR) is 54.9 cm³/mol. The molecule has 1 heterocycles. The number of carboxylic acid groups (broad SMARTS) is 1. The monoisotopic (exact) mass is 221 g/mol. The van der Waals surface area contributed by atoms with Crippen LogP contribution in [0.1, 0.15) is 10.4 Å². The van der Waals surface area contributed by atoms with Crippen molar-refractivity contribution in [3.8, 4) is 11.5 Å². The van der Waals surface area contributed by atoms with Gasteiger partial charge in [0.2, 0.25) is 0 Å². The van der Waals surface area contributed by atoms with Gasteiger partial charge in [0.25, 0.3) is 5.56 Å². The highest BCUT2D eigenvalue weighted by Crippen LogP contribution is 2.31. The maximum Gasteiger partial charge on any atom is 0.341 e. The molecule has 2 rings (SSSR count). The molecule has 0 amide bonds. The number of hydrogen-bond donors (Lipinski definition) is 4. The number of H-pyrrole nitrogens is 1. The highest BCUT2D eigenvalue weighted by atomic mass is 16.4. The van der Waals surface area contributed by atoms with Crippen molar-refractivity contribution < 1.29 is 20.1 Å². The summed E-state index contributed by atoms with van der Waals surface area (Å²) in [5.74, 6) is -2.21. The Balaban J connectivity index is 2.89. The van der Waals surface area contributed by atoms with Gasteiger partial charge in [-0.15, -0.1) is 0 Å². The number of fused-ring (bicyclic) bond motifs is 1. The van der Waals surface area contributed by atoms with Gasteiger partial charge in [0.05, 0.1) is 5.52 Å². The second-order valence-corrected chi connectivity index (χ2v) is 3.21. The third-order valence-electron chi connectivity index (χ3n) is 2.20. The minimum Gasteiger partial charge on any atom is -0.504 e. The molecule has 0 aliphatic heterocycles. The number of aromatic carboxylic acids is 1. The molecule has 1 aromatic carbocycles. The molecule has 0 radical (unpaired) electrons. The van der Waals surface area contributed by atoms with Gasteiger partial charge >= 0.3 is 5.97 Å². The maximum atomic E-state index is 11.3. The zero-order chi connectivity index (χ0) is 11.9. The summed E-state index contributed by atoms with van der Waals surface area (Å²) in [6.45, 7) is 0. The molecule has 0 aliphatic carbocycles. The Kier molecular flexibility index (Phi) is 2.05. The van der Waals surface area contributed by atoms with Crippen molar-refractivity contribution in [3.05, 3.63) is 34.1 Å². The lowest BCUT2D eigenvalue weighted by Gasteiger charge is -2.03. The van der Waals surface area contributed by atoms with Crippen LogP contribution >= 0.6 is 0 Å². The Morgan fingerprint density at radius 2 is 1.94 bits per heavy atom. The summed E-state index contributed by atoms with van der Waals surface area (Å²) >= 11 is 0. The van der Waals surface area contributed by atoms with Gasteiger partial charge in [-0.3, -0.25) is 4.79 Å². The van der Waals surface area contributed by atoms with E-state index in [4.69, 9.17) is 5.11 Å². The van der Waals surface area contributed by atoms with Crippen LogP contribution in [0.25, 0.3) is 10.9 Å². The molecule has 4 N–H and O–H groups in total. The molecule has 0 saturated heterocycles. The fourth-order valence-corrected chi connectivity index (χ4v) is 1.41. The van der Waals surface area contributed by atoms with E-state index in [0.717, 1.165) is 6.07 Å². The summed E-state index contributed by atoms with van der Waals surface area (Å²) < 4.78 is 0. The average Bonchev–Trinajstić information content (AvgIpc) is 2.23. The smallest absolute Gasteiger partial charge is 0.341 e. The van der Waals surface area contributed by atoms with Gasteiger partial charge in [-0.25, -0.2) is 4.79 Å². The van der Waals surface area contributed by atoms with Crippen LogP contribution in [0.15, 0.2) is 23.0 Å². The normalized spacial score (nSPS) is 10.5. The molecule has 0 spiro atoms. The first-order valence-corrected chi connectivity index (χ1v) is 4.32. The molecule has 16 heavy (non-hydrogen) atoms. The SMILES string of the molecule is O=C(O)c1cc2ccc(O)c(O)c2[nH]c1=O. The van der Waals surface area contributed by atoms with E-state index in [-0.39, 0.29) is 11.3 Å². The van der Waals surface area contributed by atoms with Gasteiger partial charge in [0.15, 0.2) is 11.5 Å². The molecule has 0 fully saturated rings. The maximum absolute atomic E-state index is 11.3. The Morgan fingerprint density at radius 1 is 1.25 bits per heavy atom. The van der Waals surface area contributed by atoms with E-state index in [1.165, 1.54) is 12.1 Å². The van der Waals surface area contributed by atoms with Gasteiger partial charge in [-0.2, -0.15) is 0 Å². The molecule has 0 aliphatic rings. The summed E-state index contributed by atoms with van der Waals surface area (Å²) in [5.41, 5.74) is -1.24. The van der Waals surface area contributed by atoms with Crippen LogP contribution in [0, 0.1) is 0 Å². The van der Waals surface area contributed by atoms with E-state index in [9.17, 15) is 19.8 Å². The van der Waals surface area contributed by atoms with Crippen molar-refractivity contribution in [3.63, 3.8) is 0 Å². The molecule has 2 aromatic rings. The molecule has 6 heteroatoms. The molecule has 82 valence electrons. The zero-order valence-corrected chi connectivity index (χ0v) is 7.89. The van der Waals surface area contributed by atoms with Gasteiger partial charge in [-0.05, 0) is 18.2 Å². The Labute approximate surface area is 88.4 Å². The number of benzene rings is 1. The lowest BCUT2D eigenvalue weighted by Crippen LogP contribution is -2.16. The summed E-state index contributed by atoms with van der Waals surface area (Å²) in [6, 6.07) is 3.74. The topological polar surface area (TPSA) is 111 Å². The number of phenols is 2. The summed E-state index contributed by atoms with van der Waals surface area (Å²) in [4.78, 5) is 24.2. The van der Waals surface area contributed by atoms with Gasteiger partial charge < -0.3 is 20.3 Å². The third-order valence-corrected chi connectivity index (χ3v) is 2.20. The van der Waals surface area contributed by atoms with Gasteiger partial charge in [-0.1, -0.05) is 0 Å². The third kappa shape index (κ3) is 1.36. The molecular formula is C10H7NO5. The zero-order valence-electron chi connectivity index (χ0n) is 7.89. The van der Waals surface area contributed by atoms with Crippen molar-refractivity contribution >= 4 is 16.9 Å². The first kappa shape index (κ1) is 10.0. The van der Waals surface area contributed by atoms with E-state index in [0.29, 0.717) is 5.39 Å². The second-order valence-electron chi connectivity index (χ2n) is 3.21. The standard InChI is InChI=1S/C10H7NO5/c12-6-2-1-4-3-5(10(15)16)9(14)11-7(4)8(6)13/h1-3,12-13H,(H,11,14)(H,15,16). The van der Waals surface area contributed by atoms with Crippen LogP contribution in [-0.2, 0) is 0 Å². The van der Waals surface area contributed by atoms with E-state index < -0.39 is 22.8 Å². The quantitative estimate of drug-likeness (QED) is 0.528. The second kappa shape index (κ2) is 3.27.